The molecule has 0 fully saturated rings. The molecule has 25 heavy (non-hydrogen) atoms. The largest absolute Gasteiger partial charge is 0.287 e. The van der Waals surface area contributed by atoms with Crippen LogP contribution in [0.2, 0.25) is 0 Å². The third kappa shape index (κ3) is 4.10. The molecule has 0 aliphatic rings. The lowest BCUT2D eigenvalue weighted by molar-refractivity contribution is 0.531. The number of aryl methyl sites for hydroxylation is 1. The van der Waals surface area contributed by atoms with Gasteiger partial charge in [-0.15, -0.1) is 0 Å². The van der Waals surface area contributed by atoms with Crippen LogP contribution in [-0.2, 0) is 19.3 Å². The Morgan fingerprint density at radius 2 is 2.00 bits per heavy atom. The van der Waals surface area contributed by atoms with Crippen LogP contribution >= 0.6 is 11.8 Å². The van der Waals surface area contributed by atoms with E-state index in [1.165, 1.54) is 12.8 Å². The molecule has 3 rings (SSSR count). The molecule has 0 unspecified atom stereocenters. The molecule has 0 spiro atoms. The first-order valence-corrected chi connectivity index (χ1v) is 9.64. The van der Waals surface area contributed by atoms with E-state index in [0.717, 1.165) is 29.3 Å². The molecule has 1 aromatic carbocycles. The van der Waals surface area contributed by atoms with E-state index >= 15 is 0 Å². The van der Waals surface area contributed by atoms with Gasteiger partial charge in [0.25, 0.3) is 5.56 Å². The lowest BCUT2D eigenvalue weighted by Gasteiger charge is -2.13. The molecule has 3 aromatic rings. The monoisotopic (exact) mass is 357 g/mol. The zero-order chi connectivity index (χ0) is 17.6. The van der Waals surface area contributed by atoms with E-state index in [1.807, 2.05) is 35.9 Å². The van der Waals surface area contributed by atoms with Gasteiger partial charge in [0.05, 0.1) is 16.7 Å². The fourth-order valence-corrected chi connectivity index (χ4v) is 3.74. The van der Waals surface area contributed by atoms with Gasteiger partial charge in [-0.2, -0.15) is 5.10 Å². The Labute approximate surface area is 151 Å². The van der Waals surface area contributed by atoms with E-state index in [9.17, 15) is 4.79 Å². The van der Waals surface area contributed by atoms with Gasteiger partial charge in [-0.25, -0.2) is 9.97 Å². The zero-order valence-corrected chi connectivity index (χ0v) is 15.5. The first-order valence-electron chi connectivity index (χ1n) is 8.66. The second-order valence-corrected chi connectivity index (χ2v) is 6.96. The Morgan fingerprint density at radius 3 is 2.76 bits per heavy atom. The number of unbranched alkanes of at least 4 members (excludes halogenated alkanes) is 3. The summed E-state index contributed by atoms with van der Waals surface area (Å²) in [6, 6.07) is 7.55. The van der Waals surface area contributed by atoms with Crippen LogP contribution in [0.5, 0.6) is 0 Å². The van der Waals surface area contributed by atoms with Crippen molar-refractivity contribution in [1.29, 1.82) is 0 Å². The molecule has 0 saturated heterocycles. The third-order valence-corrected chi connectivity index (χ3v) is 5.17. The molecule has 7 heteroatoms. The average molecular weight is 357 g/mol. The summed E-state index contributed by atoms with van der Waals surface area (Å²) in [5.41, 5.74) is 0.792. The minimum absolute atomic E-state index is 0.0440. The fourth-order valence-electron chi connectivity index (χ4n) is 2.73. The normalized spacial score (nSPS) is 11.3. The number of nitrogens with zero attached hydrogens (tertiary/aromatic N) is 5. The summed E-state index contributed by atoms with van der Waals surface area (Å²) in [5.74, 6) is 1.50. The molecule has 2 aromatic heterocycles. The summed E-state index contributed by atoms with van der Waals surface area (Å²) in [6.45, 7) is 2.89. The van der Waals surface area contributed by atoms with E-state index in [-0.39, 0.29) is 5.56 Å². The van der Waals surface area contributed by atoms with Gasteiger partial charge in [-0.1, -0.05) is 50.1 Å². The maximum Gasteiger partial charge on any atom is 0.262 e. The molecule has 0 saturated carbocycles. The van der Waals surface area contributed by atoms with Crippen LogP contribution in [-0.4, -0.2) is 24.3 Å². The predicted octanol–water partition coefficient (Wildman–Crippen LogP) is 3.40. The Kier molecular flexibility index (Phi) is 5.86. The number of para-hydroxylation sites is 1. The van der Waals surface area contributed by atoms with Crippen molar-refractivity contribution < 1.29 is 0 Å². The highest BCUT2D eigenvalue weighted by Crippen LogP contribution is 2.21. The van der Waals surface area contributed by atoms with Gasteiger partial charge in [0.1, 0.15) is 12.2 Å². The number of hydrogen-bond donors (Lipinski definition) is 0. The third-order valence-electron chi connectivity index (χ3n) is 4.20. The van der Waals surface area contributed by atoms with Gasteiger partial charge >= 0.3 is 0 Å². The van der Waals surface area contributed by atoms with Gasteiger partial charge in [0, 0.05) is 13.6 Å². The Morgan fingerprint density at radius 1 is 1.16 bits per heavy atom. The first kappa shape index (κ1) is 17.7. The maximum absolute atomic E-state index is 12.9. The topological polar surface area (TPSA) is 65.6 Å². The Balaban J connectivity index is 1.90. The second-order valence-electron chi connectivity index (χ2n) is 6.02. The van der Waals surface area contributed by atoms with Crippen LogP contribution in [0.15, 0.2) is 40.5 Å². The molecule has 2 heterocycles. The maximum atomic E-state index is 12.9. The highest BCUT2D eigenvalue weighted by atomic mass is 32.2. The second kappa shape index (κ2) is 8.29. The van der Waals surface area contributed by atoms with Gasteiger partial charge in [0.15, 0.2) is 5.16 Å². The van der Waals surface area contributed by atoms with Crippen LogP contribution in [0.1, 0.15) is 38.4 Å². The summed E-state index contributed by atoms with van der Waals surface area (Å²) in [6.07, 6.45) is 6.03. The van der Waals surface area contributed by atoms with Crippen molar-refractivity contribution in [2.24, 2.45) is 7.05 Å². The number of benzene rings is 1. The predicted molar refractivity (Wildman–Crippen MR) is 101 cm³/mol. The molecule has 0 radical (unpaired) electrons. The van der Waals surface area contributed by atoms with Crippen LogP contribution in [0, 0.1) is 0 Å². The van der Waals surface area contributed by atoms with E-state index in [4.69, 9.17) is 4.98 Å². The highest BCUT2D eigenvalue weighted by Gasteiger charge is 2.12. The van der Waals surface area contributed by atoms with E-state index in [2.05, 4.69) is 17.0 Å². The number of rotatable bonds is 8. The van der Waals surface area contributed by atoms with Crippen LogP contribution in [0.25, 0.3) is 10.9 Å². The summed E-state index contributed by atoms with van der Waals surface area (Å²) in [4.78, 5) is 21.9. The molecule has 0 bridgehead atoms. The quantitative estimate of drug-likeness (QED) is 0.351. The molecule has 0 aliphatic heterocycles. The summed E-state index contributed by atoms with van der Waals surface area (Å²) >= 11 is 1.54. The van der Waals surface area contributed by atoms with Crippen molar-refractivity contribution in [3.63, 3.8) is 0 Å². The number of hydrogen-bond acceptors (Lipinski definition) is 5. The molecule has 0 aliphatic carbocycles. The first-order chi connectivity index (χ1) is 12.2. The van der Waals surface area contributed by atoms with E-state index in [1.54, 1.807) is 22.8 Å². The van der Waals surface area contributed by atoms with Gasteiger partial charge in [-0.3, -0.25) is 14.0 Å². The van der Waals surface area contributed by atoms with Gasteiger partial charge in [0.2, 0.25) is 0 Å². The summed E-state index contributed by atoms with van der Waals surface area (Å²) in [7, 11) is 1.87. The van der Waals surface area contributed by atoms with Crippen molar-refractivity contribution in [1.82, 2.24) is 24.3 Å². The molecule has 0 N–H and O–H groups in total. The lowest BCUT2D eigenvalue weighted by atomic mass is 10.2. The van der Waals surface area contributed by atoms with Gasteiger partial charge in [-0.05, 0) is 18.6 Å². The smallest absolute Gasteiger partial charge is 0.262 e. The lowest BCUT2D eigenvalue weighted by Crippen LogP contribution is -2.23. The van der Waals surface area contributed by atoms with Crippen molar-refractivity contribution >= 4 is 22.7 Å². The molecule has 0 atom stereocenters. The molecular weight excluding hydrogens is 334 g/mol. The minimum atomic E-state index is 0.0440. The van der Waals surface area contributed by atoms with Crippen molar-refractivity contribution in [3.05, 3.63) is 46.8 Å². The van der Waals surface area contributed by atoms with Crippen molar-refractivity contribution in [3.8, 4) is 0 Å². The van der Waals surface area contributed by atoms with Gasteiger partial charge < -0.3 is 0 Å². The Hall–Kier alpha value is -2.15. The highest BCUT2D eigenvalue weighted by molar-refractivity contribution is 7.98. The van der Waals surface area contributed by atoms with Crippen molar-refractivity contribution in [2.45, 2.75) is 50.1 Å². The number of thioether (sulfide) groups is 1. The molecule has 6 nitrogen and oxygen atoms in total. The van der Waals surface area contributed by atoms with Crippen LogP contribution < -0.4 is 5.56 Å². The molecule has 132 valence electrons. The molecule has 0 amide bonds. The van der Waals surface area contributed by atoms with E-state index in [0.29, 0.717) is 17.7 Å². The Bertz CT molecular complexity index is 902. The number of fused-ring (bicyclic) bond motifs is 1. The van der Waals surface area contributed by atoms with Crippen LogP contribution in [0.3, 0.4) is 0 Å². The minimum Gasteiger partial charge on any atom is -0.287 e. The fraction of sp³-hybridized carbons (Fsp3) is 0.444. The average Bonchev–Trinajstić information content (AvgIpc) is 3.03. The summed E-state index contributed by atoms with van der Waals surface area (Å²) < 4.78 is 3.57. The number of aromatic nitrogens is 5. The SMILES string of the molecule is CCCCCCn1c(SCc2ncnn2C)nc2ccccc2c1=O. The van der Waals surface area contributed by atoms with Crippen molar-refractivity contribution in [2.75, 3.05) is 0 Å². The standard InChI is InChI=1S/C18H23N5OS/c1-3-4-5-8-11-23-17(24)14-9-6-7-10-15(14)21-18(23)25-12-16-19-13-20-22(16)2/h6-7,9-10,13H,3-5,8,11-12H2,1-2H3. The summed E-state index contributed by atoms with van der Waals surface area (Å²) in [5, 5.41) is 5.53. The zero-order valence-electron chi connectivity index (χ0n) is 14.7. The molecular formula is C18H23N5OS. The van der Waals surface area contributed by atoms with Crippen LogP contribution in [0.4, 0.5) is 0 Å². The van der Waals surface area contributed by atoms with E-state index < -0.39 is 0 Å².